The molecule has 0 atom stereocenters. The van der Waals surface area contributed by atoms with Gasteiger partial charge in [0, 0.05) is 31.0 Å². The van der Waals surface area contributed by atoms with E-state index in [0.29, 0.717) is 0 Å². The Morgan fingerprint density at radius 1 is 1.29 bits per heavy atom. The Kier molecular flexibility index (Phi) is 2.60. The van der Waals surface area contributed by atoms with Gasteiger partial charge in [0.1, 0.15) is 0 Å². The predicted molar refractivity (Wildman–Crippen MR) is 82.7 cm³/mol. The lowest BCUT2D eigenvalue weighted by Gasteiger charge is -2.11. The summed E-state index contributed by atoms with van der Waals surface area (Å²) in [6, 6.07) is 6.46. The molecular weight excluding hydrogens is 262 g/mol. The molecule has 1 aromatic carbocycles. The minimum Gasteiger partial charge on any atom is -0.384 e. The Morgan fingerprint density at radius 3 is 3.00 bits per heavy atom. The Hall–Kier alpha value is -2.56. The van der Waals surface area contributed by atoms with Gasteiger partial charge in [0.25, 0.3) is 0 Å². The van der Waals surface area contributed by atoms with Gasteiger partial charge in [-0.25, -0.2) is 4.98 Å². The van der Waals surface area contributed by atoms with Gasteiger partial charge in [0.2, 0.25) is 0 Å². The first-order valence-electron chi connectivity index (χ1n) is 7.13. The molecule has 0 unspecified atom stereocenters. The van der Waals surface area contributed by atoms with Gasteiger partial charge in [0.15, 0.2) is 0 Å². The molecule has 5 nitrogen and oxygen atoms in total. The highest BCUT2D eigenvalue weighted by molar-refractivity contribution is 5.80. The van der Waals surface area contributed by atoms with Crippen LogP contribution in [0.5, 0.6) is 0 Å². The van der Waals surface area contributed by atoms with Crippen LogP contribution < -0.4 is 5.32 Å². The molecule has 3 heterocycles. The van der Waals surface area contributed by atoms with E-state index in [-0.39, 0.29) is 0 Å². The molecule has 4 rings (SSSR count). The molecule has 0 spiro atoms. The zero-order valence-electron chi connectivity index (χ0n) is 12.2. The van der Waals surface area contributed by atoms with Gasteiger partial charge in [-0.3, -0.25) is 9.25 Å². The fourth-order valence-corrected chi connectivity index (χ4v) is 3.06. The Bertz CT molecular complexity index is 812. The topological polar surface area (TPSA) is 47.7 Å². The third kappa shape index (κ3) is 1.85. The molecule has 106 valence electrons. The second kappa shape index (κ2) is 4.48. The molecule has 0 aliphatic carbocycles. The maximum Gasteiger partial charge on any atom is 0.0998 e. The van der Waals surface area contributed by atoms with E-state index in [0.717, 1.165) is 30.0 Å². The van der Waals surface area contributed by atoms with Gasteiger partial charge in [-0.15, -0.1) is 0 Å². The number of nitrogens with zero attached hydrogens (tertiary/aromatic N) is 4. The Balaban J connectivity index is 1.91. The number of rotatable bonds is 2. The van der Waals surface area contributed by atoms with E-state index < -0.39 is 0 Å². The lowest BCUT2D eigenvalue weighted by molar-refractivity contribution is 0.756. The maximum absolute atomic E-state index is 4.43. The van der Waals surface area contributed by atoms with Crippen LogP contribution in [0.4, 0.5) is 5.69 Å². The second-order valence-corrected chi connectivity index (χ2v) is 5.44. The van der Waals surface area contributed by atoms with Crippen molar-refractivity contribution in [3.05, 3.63) is 48.2 Å². The molecule has 0 radical (unpaired) electrons. The van der Waals surface area contributed by atoms with Crippen LogP contribution in [0, 0.1) is 6.92 Å². The summed E-state index contributed by atoms with van der Waals surface area (Å²) in [4.78, 5) is 4.35. The summed E-state index contributed by atoms with van der Waals surface area (Å²) in [5, 5.41) is 7.92. The molecule has 1 aliphatic heterocycles. The zero-order valence-corrected chi connectivity index (χ0v) is 12.2. The van der Waals surface area contributed by atoms with E-state index in [1.165, 1.54) is 16.8 Å². The normalized spacial score (nSPS) is 13.2. The number of benzene rings is 1. The average Bonchev–Trinajstić information content (AvgIpc) is 3.17. The molecule has 2 aromatic heterocycles. The number of fused-ring (bicyclic) bond motifs is 1. The highest BCUT2D eigenvalue weighted by Gasteiger charge is 2.18. The molecule has 1 N–H and O–H groups in total. The minimum absolute atomic E-state index is 0.997. The number of para-hydroxylation sites is 1. The van der Waals surface area contributed by atoms with Crippen molar-refractivity contribution >= 4 is 5.69 Å². The van der Waals surface area contributed by atoms with Gasteiger partial charge in [0.05, 0.1) is 29.6 Å². The van der Waals surface area contributed by atoms with Crippen molar-refractivity contribution in [3.63, 3.8) is 0 Å². The summed E-state index contributed by atoms with van der Waals surface area (Å²) < 4.78 is 3.94. The smallest absolute Gasteiger partial charge is 0.0998 e. The van der Waals surface area contributed by atoms with Crippen molar-refractivity contribution in [2.45, 2.75) is 13.3 Å². The highest BCUT2D eigenvalue weighted by atomic mass is 15.3. The number of nitrogens with one attached hydrogen (secondary N) is 1. The van der Waals surface area contributed by atoms with E-state index in [2.05, 4.69) is 38.2 Å². The number of hydrogen-bond acceptors (Lipinski definition) is 3. The van der Waals surface area contributed by atoms with E-state index in [4.69, 9.17) is 0 Å². The first kappa shape index (κ1) is 12.2. The largest absolute Gasteiger partial charge is 0.384 e. The molecule has 0 saturated carbocycles. The Morgan fingerprint density at radius 2 is 2.19 bits per heavy atom. The predicted octanol–water partition coefficient (Wildman–Crippen LogP) is 2.55. The number of aromatic nitrogens is 4. The van der Waals surface area contributed by atoms with Crippen molar-refractivity contribution in [2.75, 3.05) is 11.9 Å². The lowest BCUT2D eigenvalue weighted by atomic mass is 10.1. The SMILES string of the molecule is Cc1nn(C)cc1-n1cncc1-c1cccc2c1NCC2. The van der Waals surface area contributed by atoms with Crippen LogP contribution >= 0.6 is 0 Å². The minimum atomic E-state index is 0.997. The molecule has 0 fully saturated rings. The van der Waals surface area contributed by atoms with E-state index in [1.54, 1.807) is 0 Å². The molecule has 0 bridgehead atoms. The monoisotopic (exact) mass is 279 g/mol. The summed E-state index contributed by atoms with van der Waals surface area (Å²) in [5.41, 5.74) is 6.98. The van der Waals surface area contributed by atoms with Crippen LogP contribution in [0.3, 0.4) is 0 Å². The fourth-order valence-electron chi connectivity index (χ4n) is 3.06. The highest BCUT2D eigenvalue weighted by Crippen LogP contribution is 2.35. The maximum atomic E-state index is 4.43. The third-order valence-electron chi connectivity index (χ3n) is 4.01. The summed E-state index contributed by atoms with van der Waals surface area (Å²) >= 11 is 0. The van der Waals surface area contributed by atoms with Crippen LogP contribution in [-0.4, -0.2) is 25.9 Å². The third-order valence-corrected chi connectivity index (χ3v) is 4.01. The van der Waals surface area contributed by atoms with Gasteiger partial charge >= 0.3 is 0 Å². The van der Waals surface area contributed by atoms with Crippen molar-refractivity contribution in [1.82, 2.24) is 19.3 Å². The standard InChI is InChI=1S/C16H17N5/c1-11-15(9-20(2)19-11)21-10-17-8-14(21)13-5-3-4-12-6-7-18-16(12)13/h3-5,8-10,18H,6-7H2,1-2H3. The van der Waals surface area contributed by atoms with Crippen LogP contribution in [0.1, 0.15) is 11.3 Å². The molecule has 1 aliphatic rings. The van der Waals surface area contributed by atoms with Crippen LogP contribution in [0.25, 0.3) is 16.9 Å². The summed E-state index contributed by atoms with van der Waals surface area (Å²) in [7, 11) is 1.94. The van der Waals surface area contributed by atoms with Gasteiger partial charge in [-0.1, -0.05) is 18.2 Å². The van der Waals surface area contributed by atoms with Crippen LogP contribution in [-0.2, 0) is 13.5 Å². The van der Waals surface area contributed by atoms with Crippen LogP contribution in [0.2, 0.25) is 0 Å². The fraction of sp³-hybridized carbons (Fsp3) is 0.250. The van der Waals surface area contributed by atoms with E-state index in [9.17, 15) is 0 Å². The number of hydrogen-bond donors (Lipinski definition) is 1. The van der Waals surface area contributed by atoms with E-state index in [1.807, 2.05) is 37.4 Å². The molecule has 21 heavy (non-hydrogen) atoms. The molecule has 5 heteroatoms. The Labute approximate surface area is 123 Å². The molecule has 3 aromatic rings. The van der Waals surface area contributed by atoms with Crippen molar-refractivity contribution in [2.24, 2.45) is 7.05 Å². The van der Waals surface area contributed by atoms with Crippen molar-refractivity contribution in [1.29, 1.82) is 0 Å². The number of aryl methyl sites for hydroxylation is 2. The van der Waals surface area contributed by atoms with Gasteiger partial charge in [-0.05, 0) is 18.9 Å². The quantitative estimate of drug-likeness (QED) is 0.784. The number of anilines is 1. The second-order valence-electron chi connectivity index (χ2n) is 5.44. The van der Waals surface area contributed by atoms with Crippen molar-refractivity contribution < 1.29 is 0 Å². The van der Waals surface area contributed by atoms with Crippen molar-refractivity contribution in [3.8, 4) is 16.9 Å². The molecule has 0 saturated heterocycles. The zero-order chi connectivity index (χ0) is 14.4. The lowest BCUT2D eigenvalue weighted by Crippen LogP contribution is -1.99. The average molecular weight is 279 g/mol. The van der Waals surface area contributed by atoms with E-state index >= 15 is 0 Å². The first-order valence-corrected chi connectivity index (χ1v) is 7.13. The van der Waals surface area contributed by atoms with Gasteiger partial charge in [-0.2, -0.15) is 5.10 Å². The van der Waals surface area contributed by atoms with Crippen LogP contribution in [0.15, 0.2) is 36.9 Å². The summed E-state index contributed by atoms with van der Waals surface area (Å²) in [6.07, 6.45) is 6.89. The molecule has 0 amide bonds. The summed E-state index contributed by atoms with van der Waals surface area (Å²) in [6.45, 7) is 3.03. The molecular formula is C16H17N5. The first-order chi connectivity index (χ1) is 10.2. The van der Waals surface area contributed by atoms with Gasteiger partial charge < -0.3 is 5.32 Å². The summed E-state index contributed by atoms with van der Waals surface area (Å²) in [5.74, 6) is 0. The number of imidazole rings is 1.